The Bertz CT molecular complexity index is 812. The van der Waals surface area contributed by atoms with Gasteiger partial charge in [0.1, 0.15) is 5.75 Å². The first kappa shape index (κ1) is 20.4. The van der Waals surface area contributed by atoms with Crippen LogP contribution in [-0.4, -0.2) is 18.5 Å². The van der Waals surface area contributed by atoms with Gasteiger partial charge in [0, 0.05) is 17.3 Å². The van der Waals surface area contributed by atoms with Gasteiger partial charge < -0.3 is 15.4 Å². The van der Waals surface area contributed by atoms with Crippen LogP contribution in [0.2, 0.25) is 15.1 Å². The smallest absolute Gasteiger partial charge is 0.409 e. The number of amides is 2. The second-order valence-corrected chi connectivity index (χ2v) is 6.64. The maximum absolute atomic E-state index is 12.6. The van der Waals surface area contributed by atoms with Gasteiger partial charge in [-0.2, -0.15) is 0 Å². The third-order valence-corrected chi connectivity index (χ3v) is 4.34. The van der Waals surface area contributed by atoms with Gasteiger partial charge in [-0.15, -0.1) is 0 Å². The van der Waals surface area contributed by atoms with Crippen LogP contribution in [0, 0.1) is 0 Å². The summed E-state index contributed by atoms with van der Waals surface area (Å²) in [6, 6.07) is 9.11. The third-order valence-electron chi connectivity index (χ3n) is 3.37. The molecule has 0 radical (unpaired) electrons. The Labute approximate surface area is 166 Å². The zero-order chi connectivity index (χ0) is 19.1. The highest BCUT2D eigenvalue weighted by Crippen LogP contribution is 2.27. The maximum Gasteiger partial charge on any atom is 0.412 e. The number of ether oxygens (including phenoxy) is 1. The number of carbonyl (C=O) groups excluding carboxylic acids is 2. The van der Waals surface area contributed by atoms with E-state index in [1.807, 2.05) is 6.92 Å². The Balaban J connectivity index is 2.16. The van der Waals surface area contributed by atoms with Crippen molar-refractivity contribution in [2.75, 3.05) is 11.9 Å². The average molecular weight is 416 g/mol. The molecule has 0 atom stereocenters. The van der Waals surface area contributed by atoms with Gasteiger partial charge in [-0.25, -0.2) is 4.79 Å². The number of carbonyl (C=O) groups is 2. The zero-order valence-electron chi connectivity index (χ0n) is 13.9. The molecule has 2 N–H and O–H groups in total. The van der Waals surface area contributed by atoms with Gasteiger partial charge in [0.2, 0.25) is 0 Å². The molecule has 0 bridgehead atoms. The fourth-order valence-electron chi connectivity index (χ4n) is 2.04. The molecule has 0 unspecified atom stereocenters. The standard InChI is InChI=1S/C18H17Cl3N2O3/c1-2-3-8-22-18(25)26-16-7-4-11(19)9-13(16)17(24)23-12-5-6-14(20)15(21)10-12/h4-7,9-10H,2-3,8H2,1H3,(H,22,25)(H,23,24). The number of anilines is 1. The van der Waals surface area contributed by atoms with Crippen molar-refractivity contribution in [2.24, 2.45) is 0 Å². The molecule has 0 aliphatic heterocycles. The molecule has 138 valence electrons. The van der Waals surface area contributed by atoms with Crippen LogP contribution in [0.4, 0.5) is 10.5 Å². The van der Waals surface area contributed by atoms with Crippen molar-refractivity contribution in [3.05, 3.63) is 57.0 Å². The van der Waals surface area contributed by atoms with E-state index < -0.39 is 12.0 Å². The minimum atomic E-state index is -0.635. The van der Waals surface area contributed by atoms with Crippen LogP contribution in [0.15, 0.2) is 36.4 Å². The molecule has 2 aromatic carbocycles. The van der Waals surface area contributed by atoms with Gasteiger partial charge in [0.25, 0.3) is 5.91 Å². The first-order chi connectivity index (χ1) is 12.4. The quantitative estimate of drug-likeness (QED) is 0.587. The van der Waals surface area contributed by atoms with Crippen LogP contribution in [-0.2, 0) is 0 Å². The van der Waals surface area contributed by atoms with Crippen LogP contribution in [0.25, 0.3) is 0 Å². The van der Waals surface area contributed by atoms with E-state index >= 15 is 0 Å². The molecule has 0 fully saturated rings. The zero-order valence-corrected chi connectivity index (χ0v) is 16.2. The topological polar surface area (TPSA) is 67.4 Å². The predicted molar refractivity (Wildman–Crippen MR) is 105 cm³/mol. The fourth-order valence-corrected chi connectivity index (χ4v) is 2.51. The van der Waals surface area contributed by atoms with Crippen molar-refractivity contribution in [2.45, 2.75) is 19.8 Å². The van der Waals surface area contributed by atoms with Crippen molar-refractivity contribution in [3.63, 3.8) is 0 Å². The molecule has 0 saturated carbocycles. The second kappa shape index (κ2) is 9.67. The van der Waals surface area contributed by atoms with E-state index in [0.717, 1.165) is 12.8 Å². The van der Waals surface area contributed by atoms with Crippen LogP contribution in [0.3, 0.4) is 0 Å². The average Bonchev–Trinajstić information content (AvgIpc) is 2.60. The lowest BCUT2D eigenvalue weighted by molar-refractivity contribution is 0.102. The minimum Gasteiger partial charge on any atom is -0.409 e. The third kappa shape index (κ3) is 5.80. The number of rotatable bonds is 6. The van der Waals surface area contributed by atoms with Crippen molar-refractivity contribution in [1.82, 2.24) is 5.32 Å². The van der Waals surface area contributed by atoms with Gasteiger partial charge in [-0.1, -0.05) is 48.1 Å². The molecule has 0 aromatic heterocycles. The molecule has 0 spiro atoms. The molecule has 2 rings (SSSR count). The summed E-state index contributed by atoms with van der Waals surface area (Å²) in [6.45, 7) is 2.51. The lowest BCUT2D eigenvalue weighted by atomic mass is 10.2. The Morgan fingerprint density at radius 1 is 1.04 bits per heavy atom. The maximum atomic E-state index is 12.6. The Kier molecular flexibility index (Phi) is 7.57. The van der Waals surface area contributed by atoms with E-state index in [9.17, 15) is 9.59 Å². The summed E-state index contributed by atoms with van der Waals surface area (Å²) in [7, 11) is 0. The van der Waals surface area contributed by atoms with Crippen LogP contribution < -0.4 is 15.4 Å². The fraction of sp³-hybridized carbons (Fsp3) is 0.222. The number of hydrogen-bond donors (Lipinski definition) is 2. The Morgan fingerprint density at radius 2 is 1.81 bits per heavy atom. The van der Waals surface area contributed by atoms with E-state index in [1.54, 1.807) is 12.1 Å². The van der Waals surface area contributed by atoms with Crippen LogP contribution >= 0.6 is 34.8 Å². The Morgan fingerprint density at radius 3 is 2.50 bits per heavy atom. The van der Waals surface area contributed by atoms with Crippen molar-refractivity contribution >= 4 is 52.5 Å². The molecule has 2 aromatic rings. The summed E-state index contributed by atoms with van der Waals surface area (Å²) in [5.41, 5.74) is 0.567. The summed E-state index contributed by atoms with van der Waals surface area (Å²) in [5, 5.41) is 6.30. The van der Waals surface area contributed by atoms with Crippen molar-refractivity contribution < 1.29 is 14.3 Å². The number of benzene rings is 2. The predicted octanol–water partition coefficient (Wildman–Crippen LogP) is 5.79. The highest BCUT2D eigenvalue weighted by Gasteiger charge is 2.17. The highest BCUT2D eigenvalue weighted by molar-refractivity contribution is 6.42. The van der Waals surface area contributed by atoms with Gasteiger partial charge in [-0.05, 0) is 42.8 Å². The SMILES string of the molecule is CCCCNC(=O)Oc1ccc(Cl)cc1C(=O)Nc1ccc(Cl)c(Cl)c1. The Hall–Kier alpha value is -1.95. The van der Waals surface area contributed by atoms with Crippen LogP contribution in [0.5, 0.6) is 5.75 Å². The molecule has 0 saturated heterocycles. The normalized spacial score (nSPS) is 10.3. The van der Waals surface area contributed by atoms with E-state index in [1.165, 1.54) is 24.3 Å². The minimum absolute atomic E-state index is 0.0981. The first-order valence-electron chi connectivity index (χ1n) is 7.92. The molecule has 0 aliphatic carbocycles. The van der Waals surface area contributed by atoms with Crippen LogP contribution in [0.1, 0.15) is 30.1 Å². The molecular weight excluding hydrogens is 399 g/mol. The van der Waals surface area contributed by atoms with Gasteiger partial charge in [-0.3, -0.25) is 4.79 Å². The van der Waals surface area contributed by atoms with E-state index in [0.29, 0.717) is 27.3 Å². The largest absolute Gasteiger partial charge is 0.412 e. The van der Waals surface area contributed by atoms with Gasteiger partial charge >= 0.3 is 6.09 Å². The number of hydrogen-bond acceptors (Lipinski definition) is 3. The van der Waals surface area contributed by atoms with Crippen molar-refractivity contribution in [1.29, 1.82) is 0 Å². The summed E-state index contributed by atoms with van der Waals surface area (Å²) >= 11 is 17.8. The second-order valence-electron chi connectivity index (χ2n) is 5.39. The summed E-state index contributed by atoms with van der Waals surface area (Å²) < 4.78 is 5.23. The number of nitrogens with one attached hydrogen (secondary N) is 2. The molecule has 2 amide bonds. The van der Waals surface area contributed by atoms with E-state index in [4.69, 9.17) is 39.5 Å². The molecule has 0 heterocycles. The monoisotopic (exact) mass is 414 g/mol. The molecule has 26 heavy (non-hydrogen) atoms. The summed E-state index contributed by atoms with van der Waals surface area (Å²) in [4.78, 5) is 24.4. The van der Waals surface area contributed by atoms with Gasteiger partial charge in [0.05, 0.1) is 15.6 Å². The highest BCUT2D eigenvalue weighted by atomic mass is 35.5. The lowest BCUT2D eigenvalue weighted by Crippen LogP contribution is -2.28. The van der Waals surface area contributed by atoms with Crippen molar-refractivity contribution in [3.8, 4) is 5.75 Å². The molecule has 0 aliphatic rings. The molecular formula is C18H17Cl3N2O3. The van der Waals surface area contributed by atoms with E-state index in [-0.39, 0.29) is 11.3 Å². The molecule has 8 heteroatoms. The first-order valence-corrected chi connectivity index (χ1v) is 9.05. The number of unbranched alkanes of at least 4 members (excludes halogenated alkanes) is 1. The number of halogens is 3. The summed E-state index contributed by atoms with van der Waals surface area (Å²) in [6.07, 6.45) is 1.14. The lowest BCUT2D eigenvalue weighted by Gasteiger charge is -2.12. The van der Waals surface area contributed by atoms with Gasteiger partial charge in [0.15, 0.2) is 0 Å². The van der Waals surface area contributed by atoms with E-state index in [2.05, 4.69) is 10.6 Å². The summed E-state index contributed by atoms with van der Waals surface area (Å²) in [5.74, 6) is -0.400. The molecule has 5 nitrogen and oxygen atoms in total.